The molecule has 0 bridgehead atoms. The van der Waals surface area contributed by atoms with Crippen LogP contribution in [-0.4, -0.2) is 96.7 Å². The molecule has 23 heteroatoms. The third kappa shape index (κ3) is 18.4. The summed E-state index contributed by atoms with van der Waals surface area (Å²) in [6, 6.07) is 0. The van der Waals surface area contributed by atoms with Crippen molar-refractivity contribution in [2.24, 2.45) is 10.8 Å². The summed E-state index contributed by atoms with van der Waals surface area (Å²) in [7, 11) is -9.89. The second-order valence-electron chi connectivity index (χ2n) is 6.85. The van der Waals surface area contributed by atoms with Crippen molar-refractivity contribution in [2.45, 2.75) is 0 Å². The molecule has 37 heavy (non-hydrogen) atoms. The fraction of sp³-hybridized carbons (Fsp3) is 0.714. The van der Waals surface area contributed by atoms with Gasteiger partial charge in [-0.15, -0.1) is 20.5 Å². The van der Waals surface area contributed by atoms with E-state index in [0.29, 0.717) is 0 Å². The van der Waals surface area contributed by atoms with E-state index in [1.54, 1.807) is 0 Å². The van der Waals surface area contributed by atoms with Crippen LogP contribution >= 0.6 is 0 Å². The molecule has 1 saturated heterocycles. The minimum absolute atomic E-state index is 0. The van der Waals surface area contributed by atoms with E-state index in [1.807, 2.05) is 0 Å². The van der Waals surface area contributed by atoms with Crippen molar-refractivity contribution in [1.29, 1.82) is 0 Å². The van der Waals surface area contributed by atoms with Gasteiger partial charge in [0, 0.05) is 52.4 Å². The number of rotatable bonds is 4. The molecule has 0 aromatic carbocycles. The summed E-state index contributed by atoms with van der Waals surface area (Å²) in [5.74, 6) is -5.91. The molecule has 20 nitrogen and oxygen atoms in total. The minimum atomic E-state index is -4.94. The Hall–Kier alpha value is -1.50. The molecular weight excluding hydrogens is 615 g/mol. The number of carboxylic acid groups (broad SMARTS) is 4. The van der Waals surface area contributed by atoms with Crippen molar-refractivity contribution >= 4 is 23.9 Å². The smallest absolute Gasteiger partial charge is 0.480 e. The molecule has 8 N–H and O–H groups in total. The zero-order valence-electron chi connectivity index (χ0n) is 18.4. The maximum atomic E-state index is 11.5. The van der Waals surface area contributed by atoms with Gasteiger partial charge in [-0.1, -0.05) is 0 Å². The van der Waals surface area contributed by atoms with Crippen LogP contribution in [0, 0.1) is 31.3 Å². The molecule has 0 aromatic heterocycles. The van der Waals surface area contributed by atoms with Crippen LogP contribution in [0.25, 0.3) is 0 Å². The van der Waals surface area contributed by atoms with Gasteiger partial charge in [0.25, 0.3) is 0 Å². The molecule has 0 aliphatic carbocycles. The topological polar surface area (TPSA) is 382 Å². The summed E-state index contributed by atoms with van der Waals surface area (Å²) in [5, 5.41) is 48.1. The molecule has 1 aliphatic heterocycles. The minimum Gasteiger partial charge on any atom is -0.480 e. The quantitative estimate of drug-likeness (QED) is 0.105. The Morgan fingerprint density at radius 3 is 0.730 bits per heavy atom. The Morgan fingerprint density at radius 2 is 0.622 bits per heavy atom. The molecule has 0 atom stereocenters. The van der Waals surface area contributed by atoms with Crippen LogP contribution in [0.5, 0.6) is 0 Å². The Kier molecular flexibility index (Phi) is 19.4. The number of hydrogen-bond acceptors (Lipinski definition) is 16. The van der Waals surface area contributed by atoms with Crippen molar-refractivity contribution in [3.63, 3.8) is 0 Å². The molecule has 0 amide bonds. The summed E-state index contributed by atoms with van der Waals surface area (Å²) in [6.45, 7) is -0.858. The molecule has 1 rings (SSSR count). The second kappa shape index (κ2) is 17.9. The fourth-order valence-electron chi connectivity index (χ4n) is 2.47. The van der Waals surface area contributed by atoms with Gasteiger partial charge in [0.15, 0.2) is 10.8 Å². The van der Waals surface area contributed by atoms with E-state index < -0.39 is 55.2 Å². The molecule has 1 radical (unpaired) electrons. The number of halogens is 2. The third-order valence-electron chi connectivity index (χ3n) is 4.30. The van der Waals surface area contributed by atoms with E-state index in [4.69, 9.17) is 37.3 Å². The van der Waals surface area contributed by atoms with E-state index in [-0.39, 0.29) is 69.4 Å². The number of hydrogen-bond donors (Lipinski definition) is 8. The van der Waals surface area contributed by atoms with E-state index in [9.17, 15) is 39.6 Å². The Labute approximate surface area is 222 Å². The normalized spacial score (nSPS) is 18.6. The molecule has 0 saturated carbocycles. The largest absolute Gasteiger partial charge is 2.00 e. The Balaban J connectivity index is -0.000000889. The number of nitrogens with one attached hydrogen (secondary N) is 4. The first-order valence-electron chi connectivity index (χ1n) is 9.19. The van der Waals surface area contributed by atoms with E-state index in [2.05, 4.69) is 21.3 Å². The van der Waals surface area contributed by atoms with Gasteiger partial charge in [-0.05, 0) is 0 Å². The predicted molar refractivity (Wildman–Crippen MR) is 86.9 cm³/mol. The van der Waals surface area contributed by atoms with Gasteiger partial charge in [0.05, 0.1) is 0 Å². The third-order valence-corrected chi connectivity index (χ3v) is 4.30. The fourth-order valence-corrected chi connectivity index (χ4v) is 2.47. The summed E-state index contributed by atoms with van der Waals surface area (Å²) >= 11 is 0. The van der Waals surface area contributed by atoms with E-state index in [1.165, 1.54) is 0 Å². The summed E-state index contributed by atoms with van der Waals surface area (Å²) in [5.41, 5.74) is -4.09. The van der Waals surface area contributed by atoms with Gasteiger partial charge in [-0.2, -0.15) is 0 Å². The van der Waals surface area contributed by atoms with Gasteiger partial charge >= 0.3 is 40.9 Å². The first-order chi connectivity index (χ1) is 16.2. The van der Waals surface area contributed by atoms with Gasteiger partial charge in [0.2, 0.25) is 0 Å². The van der Waals surface area contributed by atoms with Crippen LogP contribution < -0.4 is 58.5 Å². The average molecular weight is 639 g/mol. The van der Waals surface area contributed by atoms with Crippen molar-refractivity contribution in [3.8, 4) is 0 Å². The molecule has 0 aromatic rings. The van der Waals surface area contributed by atoms with Crippen LogP contribution in [0.2, 0.25) is 0 Å². The van der Waals surface area contributed by atoms with Crippen LogP contribution in [0.1, 0.15) is 0 Å². The maximum Gasteiger partial charge on any atom is 2.00 e. The molecule has 221 valence electrons. The van der Waals surface area contributed by atoms with E-state index in [0.717, 1.165) is 0 Å². The van der Waals surface area contributed by atoms with Crippen molar-refractivity contribution in [2.75, 3.05) is 52.4 Å². The second-order valence-corrected chi connectivity index (χ2v) is 8.36. The monoisotopic (exact) mass is 637 g/mol. The summed E-state index contributed by atoms with van der Waals surface area (Å²) in [4.78, 5) is 45.9. The first kappa shape index (κ1) is 40.0. The summed E-state index contributed by atoms with van der Waals surface area (Å²) in [6.07, 6.45) is 0. The van der Waals surface area contributed by atoms with Gasteiger partial charge in [-0.3, -0.25) is 19.2 Å². The first-order valence-corrected chi connectivity index (χ1v) is 11.7. The molecule has 1 heterocycles. The molecule has 1 fully saturated rings. The van der Waals surface area contributed by atoms with E-state index >= 15 is 0 Å². The number of carbonyl (C=O) groups is 4. The Morgan fingerprint density at radius 1 is 0.486 bits per heavy atom. The molecule has 0 spiro atoms. The standard InChI is InChI=1S/C14H24N4O8.2ClHO4.Cu/c19-9(20)13(10(21)22)5-15-1-2-16-6-14(11(23)24,12(25)26)8-18-4-3-17-7-13;2*2-1(3,4)5;/h15-18H,1-8H2,(H,19,20)(H,21,22)(H,23,24)(H,25,26);2*(H,2,3,4,5);/q;;;+2/p-2. The summed E-state index contributed by atoms with van der Waals surface area (Å²) < 4.78 is 67.9. The number of aliphatic carboxylic acids is 4. The van der Waals surface area contributed by atoms with Gasteiger partial charge in [-0.25, -0.2) is 37.3 Å². The maximum absolute atomic E-state index is 11.5. The number of carboxylic acids is 4. The predicted octanol–water partition coefficient (Wildman–Crippen LogP) is -12.8. The van der Waals surface area contributed by atoms with Crippen LogP contribution in [0.4, 0.5) is 0 Å². The van der Waals surface area contributed by atoms with Gasteiger partial charge < -0.3 is 41.7 Å². The van der Waals surface area contributed by atoms with Crippen LogP contribution in [0.15, 0.2) is 0 Å². The van der Waals surface area contributed by atoms with Crippen molar-refractivity contribution in [3.05, 3.63) is 0 Å². The molecule has 0 unspecified atom stereocenters. The van der Waals surface area contributed by atoms with Crippen LogP contribution in [0.3, 0.4) is 0 Å². The molecular formula is C14H24Cl2CuN4O16. The van der Waals surface area contributed by atoms with Crippen LogP contribution in [-0.2, 0) is 36.2 Å². The SMILES string of the molecule is O=C(O)C1(C(=O)O)CNCCNCC(C(=O)O)(C(=O)O)CNCCNC1.[Cu+2].[O-][Cl+3]([O-])([O-])[O-].[O-][Cl+3]([O-])([O-])[O-]. The average Bonchev–Trinajstić information content (AvgIpc) is 2.65. The zero-order chi connectivity index (χ0) is 28.8. The molecule has 1 aliphatic rings. The van der Waals surface area contributed by atoms with Crippen molar-refractivity contribution in [1.82, 2.24) is 21.3 Å². The Bertz CT molecular complexity index is 615. The van der Waals surface area contributed by atoms with Crippen molar-refractivity contribution < 1.29 is 114 Å². The van der Waals surface area contributed by atoms with Gasteiger partial charge in [0.1, 0.15) is 0 Å². The zero-order valence-corrected chi connectivity index (χ0v) is 20.9.